The summed E-state index contributed by atoms with van der Waals surface area (Å²) in [7, 11) is 0. The van der Waals surface area contributed by atoms with Crippen LogP contribution in [0.2, 0.25) is 0 Å². The van der Waals surface area contributed by atoms with E-state index in [4.69, 9.17) is 0 Å². The summed E-state index contributed by atoms with van der Waals surface area (Å²) >= 11 is 0. The number of pyridine rings is 1. The molecule has 3 heteroatoms. The van der Waals surface area contributed by atoms with Gasteiger partial charge in [-0.3, -0.25) is 9.78 Å². The fraction of sp³-hybridized carbons (Fsp3) is 0.400. The van der Waals surface area contributed by atoms with Gasteiger partial charge in [0.15, 0.2) is 0 Å². The van der Waals surface area contributed by atoms with E-state index in [1.165, 1.54) is 6.92 Å². The summed E-state index contributed by atoms with van der Waals surface area (Å²) in [5, 5.41) is 0. The molecule has 0 bridgehead atoms. The van der Waals surface area contributed by atoms with Crippen LogP contribution in [0.5, 0.6) is 0 Å². The molecule has 0 atom stereocenters. The first kappa shape index (κ1) is 11.6. The fourth-order valence-electron chi connectivity index (χ4n) is 0.651. The average molecular weight is 181 g/mol. The molecule has 3 nitrogen and oxygen atoms in total. The number of aryl methyl sites for hydroxylation is 1. The minimum atomic E-state index is -0.211. The topological polar surface area (TPSA) is 39.2 Å². The number of ether oxygens (including phenoxy) is 1. The van der Waals surface area contributed by atoms with Crippen LogP contribution in [0.4, 0.5) is 0 Å². The number of carbonyl (C=O) groups excluding carboxylic acids is 1. The molecule has 13 heavy (non-hydrogen) atoms. The van der Waals surface area contributed by atoms with Crippen molar-refractivity contribution in [1.82, 2.24) is 4.98 Å². The number of rotatable bonds is 1. The smallest absolute Gasteiger partial charge is 0.302 e. The molecule has 0 unspecified atom stereocenters. The summed E-state index contributed by atoms with van der Waals surface area (Å²) in [6.45, 7) is 5.63. The van der Waals surface area contributed by atoms with E-state index in [-0.39, 0.29) is 5.97 Å². The summed E-state index contributed by atoms with van der Waals surface area (Å²) in [5.41, 5.74) is 1.07. The first-order valence-corrected chi connectivity index (χ1v) is 4.17. The van der Waals surface area contributed by atoms with Crippen molar-refractivity contribution in [2.75, 3.05) is 6.61 Å². The maximum Gasteiger partial charge on any atom is 0.302 e. The van der Waals surface area contributed by atoms with Gasteiger partial charge in [-0.15, -0.1) is 0 Å². The molecule has 0 aliphatic heterocycles. The molecule has 0 aromatic carbocycles. The predicted molar refractivity (Wildman–Crippen MR) is 51.3 cm³/mol. The molecule has 0 N–H and O–H groups in total. The van der Waals surface area contributed by atoms with Crippen molar-refractivity contribution in [2.24, 2.45) is 0 Å². The van der Waals surface area contributed by atoms with E-state index in [1.54, 1.807) is 13.1 Å². The molecule has 1 aromatic heterocycles. The van der Waals surface area contributed by atoms with E-state index in [0.717, 1.165) is 5.69 Å². The lowest BCUT2D eigenvalue weighted by atomic mass is 10.4. The molecule has 0 amide bonds. The molecule has 0 spiro atoms. The zero-order valence-corrected chi connectivity index (χ0v) is 8.28. The van der Waals surface area contributed by atoms with Crippen LogP contribution < -0.4 is 0 Å². The molecule has 1 rings (SSSR count). The zero-order valence-electron chi connectivity index (χ0n) is 8.28. The van der Waals surface area contributed by atoms with E-state index >= 15 is 0 Å². The molecule has 0 saturated heterocycles. The number of hydrogen-bond acceptors (Lipinski definition) is 3. The van der Waals surface area contributed by atoms with E-state index < -0.39 is 0 Å². The molecule has 0 aliphatic rings. The fourth-order valence-corrected chi connectivity index (χ4v) is 0.651. The van der Waals surface area contributed by atoms with Gasteiger partial charge in [0.2, 0.25) is 0 Å². The Morgan fingerprint density at radius 1 is 1.54 bits per heavy atom. The summed E-state index contributed by atoms with van der Waals surface area (Å²) in [6, 6.07) is 5.86. The Bertz CT molecular complexity index is 234. The number of esters is 1. The number of carbonyl (C=O) groups is 1. The standard InChI is InChI=1S/C6H7N.C4H8O2/c1-6-4-2-3-5-7-6;1-3-6-4(2)5/h2-5H,1H3;3H2,1-2H3. The van der Waals surface area contributed by atoms with Crippen LogP contribution >= 0.6 is 0 Å². The van der Waals surface area contributed by atoms with E-state index in [0.29, 0.717) is 6.61 Å². The van der Waals surface area contributed by atoms with Crippen LogP contribution in [0.15, 0.2) is 24.4 Å². The van der Waals surface area contributed by atoms with Crippen molar-refractivity contribution in [3.05, 3.63) is 30.1 Å². The molecule has 0 fully saturated rings. The minimum absolute atomic E-state index is 0.211. The highest BCUT2D eigenvalue weighted by atomic mass is 16.5. The Kier molecular flexibility index (Phi) is 6.51. The van der Waals surface area contributed by atoms with Crippen LogP contribution in [-0.2, 0) is 9.53 Å². The zero-order chi connectivity index (χ0) is 10.1. The monoisotopic (exact) mass is 181 g/mol. The minimum Gasteiger partial charge on any atom is -0.466 e. The molecule has 0 radical (unpaired) electrons. The van der Waals surface area contributed by atoms with Gasteiger partial charge in [-0.2, -0.15) is 0 Å². The van der Waals surface area contributed by atoms with Gasteiger partial charge in [0.05, 0.1) is 6.61 Å². The maximum atomic E-state index is 9.82. The Morgan fingerprint density at radius 2 is 2.23 bits per heavy atom. The summed E-state index contributed by atoms with van der Waals surface area (Å²) in [4.78, 5) is 13.8. The van der Waals surface area contributed by atoms with Crippen LogP contribution in [0.1, 0.15) is 19.5 Å². The van der Waals surface area contributed by atoms with Gasteiger partial charge in [-0.05, 0) is 26.0 Å². The van der Waals surface area contributed by atoms with E-state index in [1.807, 2.05) is 25.1 Å². The highest BCUT2D eigenvalue weighted by molar-refractivity contribution is 5.65. The lowest BCUT2D eigenvalue weighted by Gasteiger charge is -1.89. The molecular weight excluding hydrogens is 166 g/mol. The van der Waals surface area contributed by atoms with Crippen molar-refractivity contribution in [2.45, 2.75) is 20.8 Å². The Hall–Kier alpha value is -1.38. The molecule has 72 valence electrons. The summed E-state index contributed by atoms with van der Waals surface area (Å²) in [5.74, 6) is -0.211. The van der Waals surface area contributed by atoms with Gasteiger partial charge < -0.3 is 4.74 Å². The second-order valence-electron chi connectivity index (χ2n) is 2.40. The quantitative estimate of drug-likeness (QED) is 0.622. The Labute approximate surface area is 78.8 Å². The van der Waals surface area contributed by atoms with Crippen LogP contribution in [0.25, 0.3) is 0 Å². The molecule has 1 heterocycles. The van der Waals surface area contributed by atoms with Gasteiger partial charge >= 0.3 is 5.97 Å². The van der Waals surface area contributed by atoms with Gasteiger partial charge in [-0.1, -0.05) is 6.07 Å². The number of nitrogens with zero attached hydrogens (tertiary/aromatic N) is 1. The first-order chi connectivity index (χ1) is 6.16. The summed E-state index contributed by atoms with van der Waals surface area (Å²) in [6.07, 6.45) is 1.79. The highest BCUT2D eigenvalue weighted by Crippen LogP contribution is 1.86. The molecular formula is C10H15NO2. The van der Waals surface area contributed by atoms with Crippen molar-refractivity contribution in [1.29, 1.82) is 0 Å². The Morgan fingerprint density at radius 3 is 2.38 bits per heavy atom. The highest BCUT2D eigenvalue weighted by Gasteiger charge is 1.81. The predicted octanol–water partition coefficient (Wildman–Crippen LogP) is 1.96. The first-order valence-electron chi connectivity index (χ1n) is 4.17. The second kappa shape index (κ2) is 7.28. The lowest BCUT2D eigenvalue weighted by Crippen LogP contribution is -1.95. The summed E-state index contributed by atoms with van der Waals surface area (Å²) < 4.78 is 4.40. The largest absolute Gasteiger partial charge is 0.466 e. The lowest BCUT2D eigenvalue weighted by molar-refractivity contribution is -0.140. The van der Waals surface area contributed by atoms with Crippen LogP contribution in [-0.4, -0.2) is 17.6 Å². The second-order valence-corrected chi connectivity index (χ2v) is 2.40. The molecule has 0 aliphatic carbocycles. The molecule has 0 saturated carbocycles. The third-order valence-electron chi connectivity index (χ3n) is 1.16. The SMILES string of the molecule is CCOC(C)=O.Cc1ccccn1. The van der Waals surface area contributed by atoms with Crippen molar-refractivity contribution in [3.63, 3.8) is 0 Å². The normalized spacial score (nSPS) is 8.23. The molecule has 1 aromatic rings. The van der Waals surface area contributed by atoms with Crippen molar-refractivity contribution >= 4 is 5.97 Å². The third kappa shape index (κ3) is 8.53. The van der Waals surface area contributed by atoms with Gasteiger partial charge in [-0.25, -0.2) is 0 Å². The number of hydrogen-bond donors (Lipinski definition) is 0. The van der Waals surface area contributed by atoms with Gasteiger partial charge in [0, 0.05) is 18.8 Å². The van der Waals surface area contributed by atoms with Crippen molar-refractivity contribution in [3.8, 4) is 0 Å². The number of aromatic nitrogens is 1. The van der Waals surface area contributed by atoms with Gasteiger partial charge in [0.25, 0.3) is 0 Å². The Balaban J connectivity index is 0.000000226. The van der Waals surface area contributed by atoms with Crippen LogP contribution in [0.3, 0.4) is 0 Å². The van der Waals surface area contributed by atoms with E-state index in [9.17, 15) is 4.79 Å². The third-order valence-corrected chi connectivity index (χ3v) is 1.16. The van der Waals surface area contributed by atoms with Gasteiger partial charge in [0.1, 0.15) is 0 Å². The average Bonchev–Trinajstić information content (AvgIpc) is 2.06. The van der Waals surface area contributed by atoms with Crippen molar-refractivity contribution < 1.29 is 9.53 Å². The van der Waals surface area contributed by atoms with E-state index in [2.05, 4.69) is 9.72 Å². The van der Waals surface area contributed by atoms with Crippen LogP contribution in [0, 0.1) is 6.92 Å². The maximum absolute atomic E-state index is 9.82.